The molecule has 3 N–H and O–H groups in total. The molecule has 0 radical (unpaired) electrons. The summed E-state index contributed by atoms with van der Waals surface area (Å²) >= 11 is 0. The molecule has 1 aliphatic rings. The van der Waals surface area contributed by atoms with Gasteiger partial charge in [0.2, 0.25) is 0 Å². The molecule has 1 fully saturated rings. The van der Waals surface area contributed by atoms with Gasteiger partial charge in [-0.3, -0.25) is 0 Å². The molecule has 2 rings (SSSR count). The largest absolute Gasteiger partial charge is 0.497 e. The van der Waals surface area contributed by atoms with Gasteiger partial charge in [0.25, 0.3) is 0 Å². The highest BCUT2D eigenvalue weighted by molar-refractivity contribution is 5.30. The SMILES string of the molecule is COc1cccc([C@@H](C)NC2CCCC2CN)c1. The second-order valence-electron chi connectivity index (χ2n) is 5.20. The third kappa shape index (κ3) is 3.03. The molecule has 1 aromatic rings. The van der Waals surface area contributed by atoms with E-state index in [1.165, 1.54) is 24.8 Å². The summed E-state index contributed by atoms with van der Waals surface area (Å²) in [6, 6.07) is 9.18. The fraction of sp³-hybridized carbons (Fsp3) is 0.600. The Bertz CT molecular complexity index is 381. The third-order valence-electron chi connectivity index (χ3n) is 4.02. The molecule has 1 aromatic carbocycles. The molecular weight excluding hydrogens is 224 g/mol. The number of rotatable bonds is 5. The maximum Gasteiger partial charge on any atom is 0.119 e. The van der Waals surface area contributed by atoms with E-state index in [1.54, 1.807) is 7.11 Å². The van der Waals surface area contributed by atoms with Crippen LogP contribution in [0.3, 0.4) is 0 Å². The van der Waals surface area contributed by atoms with Crippen molar-refractivity contribution < 1.29 is 4.74 Å². The standard InChI is InChI=1S/C15H24N2O/c1-11(12-5-3-7-14(9-12)18-2)17-15-8-4-6-13(15)10-16/h3,5,7,9,11,13,15,17H,4,6,8,10,16H2,1-2H3/t11-,13?,15?/m1/s1. The van der Waals surface area contributed by atoms with Gasteiger partial charge < -0.3 is 15.8 Å². The molecule has 1 aliphatic carbocycles. The summed E-state index contributed by atoms with van der Waals surface area (Å²) in [7, 11) is 1.71. The van der Waals surface area contributed by atoms with Gasteiger partial charge in [-0.2, -0.15) is 0 Å². The summed E-state index contributed by atoms with van der Waals surface area (Å²) in [5, 5.41) is 3.71. The minimum Gasteiger partial charge on any atom is -0.497 e. The zero-order valence-corrected chi connectivity index (χ0v) is 11.4. The van der Waals surface area contributed by atoms with E-state index in [4.69, 9.17) is 10.5 Å². The lowest BCUT2D eigenvalue weighted by atomic mass is 10.0. The lowest BCUT2D eigenvalue weighted by Gasteiger charge is -2.24. The lowest BCUT2D eigenvalue weighted by molar-refractivity contribution is 0.372. The van der Waals surface area contributed by atoms with Crippen molar-refractivity contribution in [3.63, 3.8) is 0 Å². The van der Waals surface area contributed by atoms with E-state index in [9.17, 15) is 0 Å². The summed E-state index contributed by atoms with van der Waals surface area (Å²) in [5.74, 6) is 1.56. The Morgan fingerprint density at radius 2 is 2.28 bits per heavy atom. The Morgan fingerprint density at radius 1 is 1.44 bits per heavy atom. The van der Waals surface area contributed by atoms with Gasteiger partial charge in [0.05, 0.1) is 7.11 Å². The summed E-state index contributed by atoms with van der Waals surface area (Å²) in [4.78, 5) is 0. The molecule has 0 aliphatic heterocycles. The number of hydrogen-bond donors (Lipinski definition) is 2. The highest BCUT2D eigenvalue weighted by Crippen LogP contribution is 2.27. The normalized spacial score (nSPS) is 25.1. The van der Waals surface area contributed by atoms with Crippen molar-refractivity contribution in [2.75, 3.05) is 13.7 Å². The predicted octanol–water partition coefficient (Wildman–Crippen LogP) is 2.47. The molecule has 3 heteroatoms. The van der Waals surface area contributed by atoms with Gasteiger partial charge in [-0.25, -0.2) is 0 Å². The van der Waals surface area contributed by atoms with Gasteiger partial charge in [-0.15, -0.1) is 0 Å². The van der Waals surface area contributed by atoms with Gasteiger partial charge >= 0.3 is 0 Å². The number of hydrogen-bond acceptors (Lipinski definition) is 3. The number of methoxy groups -OCH3 is 1. The van der Waals surface area contributed by atoms with Crippen LogP contribution in [0.2, 0.25) is 0 Å². The minimum absolute atomic E-state index is 0.345. The first kappa shape index (κ1) is 13.4. The summed E-state index contributed by atoms with van der Waals surface area (Å²) in [5.41, 5.74) is 7.10. The summed E-state index contributed by atoms with van der Waals surface area (Å²) in [6.07, 6.45) is 3.81. The average Bonchev–Trinajstić information content (AvgIpc) is 2.86. The second-order valence-corrected chi connectivity index (χ2v) is 5.20. The van der Waals surface area contributed by atoms with Crippen LogP contribution in [0.5, 0.6) is 5.75 Å². The van der Waals surface area contributed by atoms with Crippen LogP contribution in [0.1, 0.15) is 37.8 Å². The zero-order chi connectivity index (χ0) is 13.0. The van der Waals surface area contributed by atoms with Crippen LogP contribution in [-0.4, -0.2) is 19.7 Å². The second kappa shape index (κ2) is 6.21. The van der Waals surface area contributed by atoms with Crippen LogP contribution in [0.4, 0.5) is 0 Å². The zero-order valence-electron chi connectivity index (χ0n) is 11.4. The fourth-order valence-corrected chi connectivity index (χ4v) is 2.87. The predicted molar refractivity (Wildman–Crippen MR) is 74.7 cm³/mol. The summed E-state index contributed by atoms with van der Waals surface area (Å²) in [6.45, 7) is 3.00. The molecular formula is C15H24N2O. The molecule has 100 valence electrons. The van der Waals surface area contributed by atoms with Gasteiger partial charge in [0.1, 0.15) is 5.75 Å². The third-order valence-corrected chi connectivity index (χ3v) is 4.02. The average molecular weight is 248 g/mol. The Hall–Kier alpha value is -1.06. The van der Waals surface area contributed by atoms with Crippen molar-refractivity contribution in [3.05, 3.63) is 29.8 Å². The molecule has 0 heterocycles. The monoisotopic (exact) mass is 248 g/mol. The molecule has 2 unspecified atom stereocenters. The first-order valence-corrected chi connectivity index (χ1v) is 6.84. The van der Waals surface area contributed by atoms with E-state index in [0.717, 1.165) is 12.3 Å². The molecule has 0 spiro atoms. The number of ether oxygens (including phenoxy) is 1. The Labute approximate surface area is 110 Å². The smallest absolute Gasteiger partial charge is 0.119 e. The molecule has 0 aromatic heterocycles. The highest BCUT2D eigenvalue weighted by Gasteiger charge is 2.27. The number of benzene rings is 1. The maximum atomic E-state index is 5.82. The summed E-state index contributed by atoms with van der Waals surface area (Å²) < 4.78 is 5.27. The minimum atomic E-state index is 0.345. The van der Waals surface area contributed by atoms with Crippen LogP contribution >= 0.6 is 0 Å². The Morgan fingerprint density at radius 3 is 3.00 bits per heavy atom. The van der Waals surface area contributed by atoms with Gasteiger partial charge in [0.15, 0.2) is 0 Å². The van der Waals surface area contributed by atoms with Crippen LogP contribution in [0.15, 0.2) is 24.3 Å². The van der Waals surface area contributed by atoms with Crippen molar-refractivity contribution in [1.29, 1.82) is 0 Å². The molecule has 3 atom stereocenters. The van der Waals surface area contributed by atoms with Crippen LogP contribution in [-0.2, 0) is 0 Å². The fourth-order valence-electron chi connectivity index (χ4n) is 2.87. The lowest BCUT2D eigenvalue weighted by Crippen LogP contribution is -2.37. The number of nitrogens with one attached hydrogen (secondary N) is 1. The topological polar surface area (TPSA) is 47.3 Å². The Kier molecular flexibility index (Phi) is 4.61. The van der Waals surface area contributed by atoms with E-state index in [1.807, 2.05) is 12.1 Å². The van der Waals surface area contributed by atoms with E-state index in [2.05, 4.69) is 24.4 Å². The quantitative estimate of drug-likeness (QED) is 0.841. The van der Waals surface area contributed by atoms with Crippen LogP contribution in [0, 0.1) is 5.92 Å². The van der Waals surface area contributed by atoms with Gasteiger partial charge in [0, 0.05) is 12.1 Å². The molecule has 0 amide bonds. The molecule has 3 nitrogen and oxygen atoms in total. The van der Waals surface area contributed by atoms with E-state index in [-0.39, 0.29) is 0 Å². The first-order valence-electron chi connectivity index (χ1n) is 6.84. The van der Waals surface area contributed by atoms with Crippen molar-refractivity contribution >= 4 is 0 Å². The maximum absolute atomic E-state index is 5.82. The van der Waals surface area contributed by atoms with Gasteiger partial charge in [-0.05, 0) is 49.9 Å². The number of nitrogens with two attached hydrogens (primary N) is 1. The van der Waals surface area contributed by atoms with Gasteiger partial charge in [-0.1, -0.05) is 18.6 Å². The van der Waals surface area contributed by atoms with E-state index < -0.39 is 0 Å². The highest BCUT2D eigenvalue weighted by atomic mass is 16.5. The van der Waals surface area contributed by atoms with Crippen molar-refractivity contribution in [1.82, 2.24) is 5.32 Å². The Balaban J connectivity index is 2.00. The molecule has 18 heavy (non-hydrogen) atoms. The van der Waals surface area contributed by atoms with E-state index >= 15 is 0 Å². The first-order chi connectivity index (χ1) is 8.74. The van der Waals surface area contributed by atoms with Crippen molar-refractivity contribution in [2.45, 2.75) is 38.3 Å². The molecule has 1 saturated carbocycles. The van der Waals surface area contributed by atoms with Crippen LogP contribution in [0.25, 0.3) is 0 Å². The molecule has 0 saturated heterocycles. The van der Waals surface area contributed by atoms with Crippen molar-refractivity contribution in [2.24, 2.45) is 11.7 Å². The van der Waals surface area contributed by atoms with E-state index in [0.29, 0.717) is 18.0 Å². The molecule has 0 bridgehead atoms. The van der Waals surface area contributed by atoms with Crippen molar-refractivity contribution in [3.8, 4) is 5.75 Å². The van der Waals surface area contributed by atoms with Crippen LogP contribution < -0.4 is 15.8 Å².